The number of aryl methyl sites for hydroxylation is 2. The molecule has 1 aromatic carbocycles. The van der Waals surface area contributed by atoms with Gasteiger partial charge in [0.25, 0.3) is 0 Å². The third kappa shape index (κ3) is 12.4. The monoisotopic (exact) mass is 661 g/mol. The highest BCUT2D eigenvalue weighted by Gasteiger charge is 2.13. The first-order valence-electron chi connectivity index (χ1n) is 15.4. The normalized spacial score (nSPS) is 12.4. The zero-order valence-corrected chi connectivity index (χ0v) is 27.4. The molecule has 1 aliphatic carbocycles. The Bertz CT molecular complexity index is 1600. The first-order valence-corrected chi connectivity index (χ1v) is 16.2. The Kier molecular flexibility index (Phi) is 13.5. The fourth-order valence-corrected chi connectivity index (χ4v) is 5.68. The second-order valence-electron chi connectivity index (χ2n) is 10.9. The summed E-state index contributed by atoms with van der Waals surface area (Å²) >= 11 is 1.35. The lowest BCUT2D eigenvalue weighted by molar-refractivity contribution is -0.140. The van der Waals surface area contributed by atoms with Gasteiger partial charge in [0, 0.05) is 19.4 Å². The average Bonchev–Trinajstić information content (AvgIpc) is 3.52. The van der Waals surface area contributed by atoms with Crippen molar-refractivity contribution in [2.75, 3.05) is 24.9 Å². The third-order valence-corrected chi connectivity index (χ3v) is 8.15. The highest BCUT2D eigenvalue weighted by molar-refractivity contribution is 7.15. The van der Waals surface area contributed by atoms with Crippen LogP contribution in [0.4, 0.5) is 15.7 Å². The number of esters is 1. The van der Waals surface area contributed by atoms with Gasteiger partial charge in [-0.25, -0.2) is 4.79 Å². The van der Waals surface area contributed by atoms with E-state index in [4.69, 9.17) is 4.74 Å². The maximum absolute atomic E-state index is 12.6. The molecule has 0 bridgehead atoms. The number of nitrogens with one attached hydrogen (secondary N) is 3. The molecule has 248 valence electrons. The molecule has 47 heavy (non-hydrogen) atoms. The average molecular weight is 662 g/mol. The SMILES string of the molecule is COC(=O)CCC1=CC(CC(=O)Nc2ccc(CCCCc3nnc(NC(=O)Cc4cccc(CNC(=O)OC)c4)s3)nn2)=CCC1. The largest absolute Gasteiger partial charge is 0.469 e. The van der Waals surface area contributed by atoms with E-state index in [1.165, 1.54) is 25.6 Å². The molecule has 3 N–H and O–H groups in total. The minimum Gasteiger partial charge on any atom is -0.469 e. The number of rotatable bonds is 16. The van der Waals surface area contributed by atoms with Gasteiger partial charge in [0.15, 0.2) is 5.82 Å². The predicted octanol–water partition coefficient (Wildman–Crippen LogP) is 4.86. The number of allylic oxidation sites excluding steroid dienone is 3. The van der Waals surface area contributed by atoms with Crippen LogP contribution in [0.3, 0.4) is 0 Å². The molecule has 0 radical (unpaired) electrons. The van der Waals surface area contributed by atoms with Crippen LogP contribution in [0.5, 0.6) is 0 Å². The van der Waals surface area contributed by atoms with E-state index < -0.39 is 6.09 Å². The maximum Gasteiger partial charge on any atom is 0.407 e. The number of aromatic nitrogens is 4. The van der Waals surface area contributed by atoms with Gasteiger partial charge in [0.1, 0.15) is 5.01 Å². The number of hydrogen-bond donors (Lipinski definition) is 3. The second kappa shape index (κ2) is 18.2. The molecule has 2 aromatic heterocycles. The summed E-state index contributed by atoms with van der Waals surface area (Å²) < 4.78 is 9.29. The Morgan fingerprint density at radius 1 is 0.851 bits per heavy atom. The number of carbonyl (C=O) groups is 4. The fourth-order valence-electron chi connectivity index (χ4n) is 4.89. The van der Waals surface area contributed by atoms with E-state index in [0.29, 0.717) is 30.3 Å². The summed E-state index contributed by atoms with van der Waals surface area (Å²) in [7, 11) is 2.69. The zero-order valence-electron chi connectivity index (χ0n) is 26.5. The summed E-state index contributed by atoms with van der Waals surface area (Å²) in [5.74, 6) is -0.208. The van der Waals surface area contributed by atoms with Gasteiger partial charge in [0.2, 0.25) is 16.9 Å². The molecule has 14 heteroatoms. The number of carbonyl (C=O) groups excluding carboxylic acids is 4. The molecule has 0 spiro atoms. The van der Waals surface area contributed by atoms with Gasteiger partial charge in [-0.2, -0.15) is 5.10 Å². The minimum atomic E-state index is -0.516. The highest BCUT2D eigenvalue weighted by atomic mass is 32.1. The minimum absolute atomic E-state index is 0.167. The highest BCUT2D eigenvalue weighted by Crippen LogP contribution is 2.24. The third-order valence-electron chi connectivity index (χ3n) is 7.26. The summed E-state index contributed by atoms with van der Waals surface area (Å²) in [4.78, 5) is 47.8. The van der Waals surface area contributed by atoms with E-state index in [1.54, 1.807) is 6.07 Å². The Labute approximate surface area is 277 Å². The van der Waals surface area contributed by atoms with Gasteiger partial charge in [-0.15, -0.1) is 15.3 Å². The van der Waals surface area contributed by atoms with Crippen LogP contribution in [-0.4, -0.2) is 58.5 Å². The standard InChI is InChI=1S/C33H39N7O6S/c1-45-31(43)16-13-22-7-5-8-23(17-22)19-28(41)35-27-15-14-26(37-38-27)11-3-4-12-30-39-40-32(47-30)36-29(42)20-24-9-6-10-25(18-24)21-34-33(44)46-2/h6,8-10,14-15,17-18H,3-5,7,11-13,16,19-21H2,1-2H3,(H,34,44)(H,35,38,41)(H,36,40,42). The number of anilines is 2. The number of amides is 3. The molecule has 0 aliphatic heterocycles. The van der Waals surface area contributed by atoms with Gasteiger partial charge < -0.3 is 25.4 Å². The lowest BCUT2D eigenvalue weighted by Crippen LogP contribution is -2.22. The number of ether oxygens (including phenoxy) is 2. The maximum atomic E-state index is 12.6. The fraction of sp³-hybridized carbons (Fsp3) is 0.394. The lowest BCUT2D eigenvalue weighted by atomic mass is 9.94. The van der Waals surface area contributed by atoms with Crippen LogP contribution in [0, 0.1) is 0 Å². The van der Waals surface area contributed by atoms with Crippen molar-refractivity contribution in [2.45, 2.75) is 70.8 Å². The Morgan fingerprint density at radius 3 is 2.45 bits per heavy atom. The van der Waals surface area contributed by atoms with Crippen molar-refractivity contribution in [2.24, 2.45) is 0 Å². The molecule has 2 heterocycles. The van der Waals surface area contributed by atoms with Crippen molar-refractivity contribution in [1.29, 1.82) is 0 Å². The topological polar surface area (TPSA) is 174 Å². The van der Waals surface area contributed by atoms with Crippen molar-refractivity contribution in [3.8, 4) is 0 Å². The van der Waals surface area contributed by atoms with Crippen molar-refractivity contribution < 1.29 is 28.7 Å². The summed E-state index contributed by atoms with van der Waals surface area (Å²) in [6.45, 7) is 0.305. The van der Waals surface area contributed by atoms with Crippen LogP contribution in [0.25, 0.3) is 0 Å². The number of nitrogens with zero attached hydrogens (tertiary/aromatic N) is 4. The molecule has 3 aromatic rings. The van der Waals surface area contributed by atoms with Crippen LogP contribution < -0.4 is 16.0 Å². The Hall–Kier alpha value is -4.98. The van der Waals surface area contributed by atoms with E-state index in [2.05, 4.69) is 41.1 Å². The van der Waals surface area contributed by atoms with E-state index in [0.717, 1.165) is 71.5 Å². The van der Waals surface area contributed by atoms with Crippen LogP contribution >= 0.6 is 11.3 Å². The second-order valence-corrected chi connectivity index (χ2v) is 12.0. The quantitative estimate of drug-likeness (QED) is 0.142. The number of benzene rings is 1. The molecule has 0 unspecified atom stereocenters. The first-order chi connectivity index (χ1) is 22.8. The molecular weight excluding hydrogens is 622 g/mol. The molecule has 0 saturated carbocycles. The van der Waals surface area contributed by atoms with Gasteiger partial charge >= 0.3 is 12.1 Å². The molecule has 0 fully saturated rings. The summed E-state index contributed by atoms with van der Waals surface area (Å²) in [5, 5.41) is 26.2. The summed E-state index contributed by atoms with van der Waals surface area (Å²) in [5.41, 5.74) is 4.57. The van der Waals surface area contributed by atoms with Crippen LogP contribution in [-0.2, 0) is 49.7 Å². The van der Waals surface area contributed by atoms with Crippen molar-refractivity contribution >= 4 is 46.2 Å². The summed E-state index contributed by atoms with van der Waals surface area (Å²) in [6.07, 6.45) is 9.80. The number of hydrogen-bond acceptors (Lipinski definition) is 11. The molecule has 3 amide bonds. The van der Waals surface area contributed by atoms with E-state index in [9.17, 15) is 19.2 Å². The number of unbranched alkanes of at least 4 members (excludes halogenated alkanes) is 1. The van der Waals surface area contributed by atoms with Crippen LogP contribution in [0.1, 0.15) is 66.8 Å². The molecular formula is C33H39N7O6S. The summed E-state index contributed by atoms with van der Waals surface area (Å²) in [6, 6.07) is 11.0. The smallest absolute Gasteiger partial charge is 0.407 e. The van der Waals surface area contributed by atoms with Crippen LogP contribution in [0.15, 0.2) is 59.7 Å². The molecule has 0 atom stereocenters. The zero-order chi connectivity index (χ0) is 33.4. The van der Waals surface area contributed by atoms with E-state index >= 15 is 0 Å². The van der Waals surface area contributed by atoms with E-state index in [-0.39, 0.29) is 30.6 Å². The molecule has 4 rings (SSSR count). The van der Waals surface area contributed by atoms with Crippen molar-refractivity contribution in [3.63, 3.8) is 0 Å². The molecule has 1 aliphatic rings. The van der Waals surface area contributed by atoms with E-state index in [1.807, 2.05) is 42.5 Å². The number of alkyl carbamates (subject to hydrolysis) is 1. The molecule has 0 saturated heterocycles. The molecule has 13 nitrogen and oxygen atoms in total. The van der Waals surface area contributed by atoms with Gasteiger partial charge in [0.05, 0.1) is 32.8 Å². The Morgan fingerprint density at radius 2 is 1.66 bits per heavy atom. The Balaban J connectivity index is 1.13. The van der Waals surface area contributed by atoms with Crippen molar-refractivity contribution in [1.82, 2.24) is 25.7 Å². The number of methoxy groups -OCH3 is 2. The van der Waals surface area contributed by atoms with Crippen molar-refractivity contribution in [3.05, 3.63) is 81.5 Å². The first kappa shape index (κ1) is 34.9. The lowest BCUT2D eigenvalue weighted by Gasteiger charge is -2.13. The van der Waals surface area contributed by atoms with Gasteiger partial charge in [-0.3, -0.25) is 14.4 Å². The van der Waals surface area contributed by atoms with Gasteiger partial charge in [-0.05, 0) is 67.4 Å². The van der Waals surface area contributed by atoms with Crippen LogP contribution in [0.2, 0.25) is 0 Å². The predicted molar refractivity (Wildman–Crippen MR) is 177 cm³/mol. The van der Waals surface area contributed by atoms with Gasteiger partial charge in [-0.1, -0.05) is 53.3 Å².